The van der Waals surface area contributed by atoms with Crippen molar-refractivity contribution >= 4 is 28.7 Å². The van der Waals surface area contributed by atoms with Crippen LogP contribution < -0.4 is 9.47 Å². The van der Waals surface area contributed by atoms with Crippen molar-refractivity contribution in [2.45, 2.75) is 12.8 Å². The Balaban J connectivity index is 0.00000210. The van der Waals surface area contributed by atoms with Gasteiger partial charge in [0.15, 0.2) is 5.82 Å². The quantitative estimate of drug-likeness (QED) is 0.490. The summed E-state index contributed by atoms with van der Waals surface area (Å²) in [6, 6.07) is 16.0. The van der Waals surface area contributed by atoms with Gasteiger partial charge in [-0.05, 0) is 35.4 Å². The van der Waals surface area contributed by atoms with Gasteiger partial charge < -0.3 is 9.47 Å². The first-order chi connectivity index (χ1) is 12.7. The minimum absolute atomic E-state index is 0. The molecule has 0 aliphatic carbocycles. The van der Waals surface area contributed by atoms with Crippen LogP contribution in [0.3, 0.4) is 0 Å². The van der Waals surface area contributed by atoms with Gasteiger partial charge >= 0.3 is 0 Å². The number of aromatic nitrogens is 4. The largest absolute Gasteiger partial charge is 0.497 e. The average Bonchev–Trinajstić information content (AvgIpc) is 3.24. The van der Waals surface area contributed by atoms with Crippen molar-refractivity contribution < 1.29 is 9.47 Å². The molecule has 4 rings (SSSR count). The van der Waals surface area contributed by atoms with E-state index in [0.717, 1.165) is 39.3 Å². The standard InChI is InChI=1S/C19H18N4O2S.ClH/c1-24-15-7-3-13(4-8-15)11-17-20-21-19-23(17)22-18(26-19)12-14-5-9-16(25-2)10-6-14;/h3-10H,11-12H2,1-2H3;1H. The van der Waals surface area contributed by atoms with Crippen LogP contribution in [0.25, 0.3) is 4.96 Å². The minimum Gasteiger partial charge on any atom is -0.497 e. The van der Waals surface area contributed by atoms with E-state index in [4.69, 9.17) is 14.6 Å². The van der Waals surface area contributed by atoms with Crippen LogP contribution in [0.2, 0.25) is 0 Å². The second kappa shape index (κ2) is 8.37. The maximum Gasteiger partial charge on any atom is 0.234 e. The molecule has 0 saturated carbocycles. The molecular formula is C19H19ClN4O2S. The highest BCUT2D eigenvalue weighted by Crippen LogP contribution is 2.21. The number of nitrogens with zero attached hydrogens (tertiary/aromatic N) is 4. The van der Waals surface area contributed by atoms with Crippen molar-refractivity contribution in [3.8, 4) is 11.5 Å². The molecule has 27 heavy (non-hydrogen) atoms. The molecule has 4 aromatic rings. The molecule has 0 aliphatic heterocycles. The van der Waals surface area contributed by atoms with Gasteiger partial charge in [-0.15, -0.1) is 22.6 Å². The lowest BCUT2D eigenvalue weighted by molar-refractivity contribution is 0.414. The highest BCUT2D eigenvalue weighted by atomic mass is 35.5. The van der Waals surface area contributed by atoms with Gasteiger partial charge in [0.1, 0.15) is 16.5 Å². The number of methoxy groups -OCH3 is 2. The zero-order chi connectivity index (χ0) is 17.9. The number of ether oxygens (including phenoxy) is 2. The average molecular weight is 403 g/mol. The molecule has 0 unspecified atom stereocenters. The van der Waals surface area contributed by atoms with E-state index in [1.165, 1.54) is 5.56 Å². The van der Waals surface area contributed by atoms with E-state index in [1.54, 1.807) is 25.6 Å². The molecule has 8 heteroatoms. The molecular weight excluding hydrogens is 384 g/mol. The van der Waals surface area contributed by atoms with Crippen LogP contribution in [0.1, 0.15) is 22.0 Å². The van der Waals surface area contributed by atoms with Gasteiger partial charge in [0.05, 0.1) is 14.2 Å². The maximum atomic E-state index is 5.20. The lowest BCUT2D eigenvalue weighted by atomic mass is 10.1. The fourth-order valence-corrected chi connectivity index (χ4v) is 3.61. The van der Waals surface area contributed by atoms with Crippen LogP contribution in [-0.2, 0) is 12.8 Å². The summed E-state index contributed by atoms with van der Waals surface area (Å²) in [4.78, 5) is 0.817. The van der Waals surface area contributed by atoms with Crippen LogP contribution in [0, 0.1) is 0 Å². The Hall–Kier alpha value is -2.64. The maximum absolute atomic E-state index is 5.20. The van der Waals surface area contributed by atoms with Gasteiger partial charge in [0, 0.05) is 12.8 Å². The van der Waals surface area contributed by atoms with Crippen LogP contribution in [0.15, 0.2) is 48.5 Å². The molecule has 0 bridgehead atoms. The Morgan fingerprint density at radius 2 is 1.37 bits per heavy atom. The van der Waals surface area contributed by atoms with E-state index >= 15 is 0 Å². The summed E-state index contributed by atoms with van der Waals surface area (Å²) in [6.07, 6.45) is 1.44. The first-order valence-corrected chi connectivity index (χ1v) is 9.02. The van der Waals surface area contributed by atoms with Crippen molar-refractivity contribution in [3.05, 3.63) is 70.5 Å². The molecule has 0 radical (unpaired) electrons. The Morgan fingerprint density at radius 3 is 1.93 bits per heavy atom. The van der Waals surface area contributed by atoms with Gasteiger partial charge in [-0.1, -0.05) is 35.6 Å². The van der Waals surface area contributed by atoms with Crippen molar-refractivity contribution in [3.63, 3.8) is 0 Å². The molecule has 0 spiro atoms. The second-order valence-corrected chi connectivity index (χ2v) is 6.90. The Bertz CT molecular complexity index is 1010. The Labute approximate surface area is 167 Å². The smallest absolute Gasteiger partial charge is 0.234 e. The lowest BCUT2D eigenvalue weighted by Crippen LogP contribution is -1.99. The van der Waals surface area contributed by atoms with Gasteiger partial charge in [-0.25, -0.2) is 0 Å². The zero-order valence-corrected chi connectivity index (χ0v) is 16.6. The molecule has 0 atom stereocenters. The molecule has 0 saturated heterocycles. The molecule has 2 aromatic heterocycles. The number of rotatable bonds is 6. The summed E-state index contributed by atoms with van der Waals surface area (Å²) in [5, 5.41) is 14.2. The molecule has 0 amide bonds. The van der Waals surface area contributed by atoms with E-state index < -0.39 is 0 Å². The zero-order valence-electron chi connectivity index (χ0n) is 15.0. The number of hydrogen-bond acceptors (Lipinski definition) is 6. The van der Waals surface area contributed by atoms with Crippen LogP contribution in [0.4, 0.5) is 0 Å². The van der Waals surface area contributed by atoms with E-state index in [-0.39, 0.29) is 12.4 Å². The van der Waals surface area contributed by atoms with Crippen molar-refractivity contribution in [1.29, 1.82) is 0 Å². The van der Waals surface area contributed by atoms with E-state index in [0.29, 0.717) is 6.42 Å². The highest BCUT2D eigenvalue weighted by Gasteiger charge is 2.13. The SMILES string of the molecule is COc1ccc(Cc2nn3c(Cc4ccc(OC)cc4)nnc3s2)cc1.Cl. The third-order valence-corrected chi connectivity index (χ3v) is 5.03. The third kappa shape index (κ3) is 4.20. The van der Waals surface area contributed by atoms with Gasteiger partial charge in [0.25, 0.3) is 0 Å². The summed E-state index contributed by atoms with van der Waals surface area (Å²) >= 11 is 1.57. The van der Waals surface area contributed by atoms with Crippen LogP contribution in [-0.4, -0.2) is 34.0 Å². The van der Waals surface area contributed by atoms with Crippen molar-refractivity contribution in [2.24, 2.45) is 0 Å². The van der Waals surface area contributed by atoms with E-state index in [2.05, 4.69) is 22.3 Å². The fraction of sp³-hybridized carbons (Fsp3) is 0.211. The first-order valence-electron chi connectivity index (χ1n) is 8.21. The molecule has 6 nitrogen and oxygen atoms in total. The normalized spacial score (nSPS) is 10.6. The Kier molecular flexibility index (Phi) is 5.93. The summed E-state index contributed by atoms with van der Waals surface area (Å²) < 4.78 is 12.2. The number of halogens is 1. The predicted molar refractivity (Wildman–Crippen MR) is 108 cm³/mol. The fourth-order valence-electron chi connectivity index (χ4n) is 2.72. The summed E-state index contributed by atoms with van der Waals surface area (Å²) in [6.45, 7) is 0. The minimum atomic E-state index is 0. The third-order valence-electron chi connectivity index (χ3n) is 4.13. The molecule has 0 fully saturated rings. The first kappa shape index (κ1) is 19.1. The number of fused-ring (bicyclic) bond motifs is 1. The van der Waals surface area contributed by atoms with Gasteiger partial charge in [-0.3, -0.25) is 0 Å². The Morgan fingerprint density at radius 1 is 0.815 bits per heavy atom. The van der Waals surface area contributed by atoms with Crippen molar-refractivity contribution in [1.82, 2.24) is 19.8 Å². The van der Waals surface area contributed by atoms with Gasteiger partial charge in [0.2, 0.25) is 4.96 Å². The van der Waals surface area contributed by atoms with E-state index in [9.17, 15) is 0 Å². The summed E-state index contributed by atoms with van der Waals surface area (Å²) in [7, 11) is 3.33. The molecule has 2 aromatic carbocycles. The highest BCUT2D eigenvalue weighted by molar-refractivity contribution is 7.16. The second-order valence-electron chi connectivity index (χ2n) is 5.86. The van der Waals surface area contributed by atoms with Crippen molar-refractivity contribution in [2.75, 3.05) is 14.2 Å². The topological polar surface area (TPSA) is 61.5 Å². The summed E-state index contributed by atoms with van der Waals surface area (Å²) in [5.41, 5.74) is 2.33. The lowest BCUT2D eigenvalue weighted by Gasteiger charge is -2.02. The summed E-state index contributed by atoms with van der Waals surface area (Å²) in [5.74, 6) is 2.53. The van der Waals surface area contributed by atoms with Crippen LogP contribution >= 0.6 is 23.7 Å². The number of hydrogen-bond donors (Lipinski definition) is 0. The molecule has 2 heterocycles. The van der Waals surface area contributed by atoms with Gasteiger partial charge in [-0.2, -0.15) is 9.61 Å². The van der Waals surface area contributed by atoms with E-state index in [1.807, 2.05) is 40.9 Å². The van der Waals surface area contributed by atoms with Crippen LogP contribution in [0.5, 0.6) is 11.5 Å². The molecule has 0 aliphatic rings. The predicted octanol–water partition coefficient (Wildman–Crippen LogP) is 3.81. The number of benzene rings is 2. The molecule has 0 N–H and O–H groups in total. The monoisotopic (exact) mass is 402 g/mol. The molecule has 140 valence electrons.